The van der Waals surface area contributed by atoms with E-state index in [1.54, 1.807) is 4.57 Å². The van der Waals surface area contributed by atoms with Gasteiger partial charge in [-0.05, 0) is 59.5 Å². The van der Waals surface area contributed by atoms with Crippen molar-refractivity contribution in [1.29, 1.82) is 0 Å². The van der Waals surface area contributed by atoms with Crippen LogP contribution in [0.25, 0.3) is 11.1 Å². The van der Waals surface area contributed by atoms with Crippen LogP contribution in [0.4, 0.5) is 0 Å². The van der Waals surface area contributed by atoms with Gasteiger partial charge in [-0.25, -0.2) is 4.79 Å². The molecule has 1 heterocycles. The minimum Gasteiger partial charge on any atom is -0.408 e. The minimum atomic E-state index is -0.223. The van der Waals surface area contributed by atoms with Gasteiger partial charge in [-0.1, -0.05) is 0 Å². The smallest absolute Gasteiger partial charge is 0.408 e. The number of rotatable bonds is 2. The van der Waals surface area contributed by atoms with E-state index in [1.165, 1.54) is 12.8 Å². The number of halogens is 1. The lowest BCUT2D eigenvalue weighted by Crippen LogP contribution is -2.14. The molecule has 0 amide bonds. The second-order valence-corrected chi connectivity index (χ2v) is 5.28. The van der Waals surface area contributed by atoms with Crippen LogP contribution in [0.5, 0.6) is 0 Å². The van der Waals surface area contributed by atoms with Crippen molar-refractivity contribution in [1.82, 2.24) is 4.57 Å². The van der Waals surface area contributed by atoms with Crippen molar-refractivity contribution in [3.63, 3.8) is 0 Å². The van der Waals surface area contributed by atoms with Crippen molar-refractivity contribution in [2.45, 2.75) is 19.4 Å². The van der Waals surface area contributed by atoms with E-state index in [-0.39, 0.29) is 5.76 Å². The van der Waals surface area contributed by atoms with Crippen LogP contribution in [0.2, 0.25) is 0 Å². The average Bonchev–Trinajstić information content (AvgIpc) is 2.93. The topological polar surface area (TPSA) is 35.1 Å². The SMILES string of the molecule is O=c1oc2cc(I)ccc2n1CC1CC1. The molecule has 0 atom stereocenters. The van der Waals surface area contributed by atoms with Crippen molar-refractivity contribution in [3.8, 4) is 0 Å². The third-order valence-corrected chi connectivity index (χ3v) is 3.44. The van der Waals surface area contributed by atoms with E-state index in [1.807, 2.05) is 18.2 Å². The minimum absolute atomic E-state index is 0.223. The fourth-order valence-electron chi connectivity index (χ4n) is 1.77. The normalized spacial score (nSPS) is 16.1. The summed E-state index contributed by atoms with van der Waals surface area (Å²) < 4.78 is 8.05. The molecule has 1 aliphatic rings. The summed E-state index contributed by atoms with van der Waals surface area (Å²) in [6.45, 7) is 0.812. The molecule has 1 aliphatic carbocycles. The van der Waals surface area contributed by atoms with E-state index < -0.39 is 0 Å². The number of oxazole rings is 1. The first-order chi connectivity index (χ1) is 7.24. The van der Waals surface area contributed by atoms with Gasteiger partial charge >= 0.3 is 5.76 Å². The molecule has 0 spiro atoms. The van der Waals surface area contributed by atoms with Crippen molar-refractivity contribution < 1.29 is 4.42 Å². The maximum Gasteiger partial charge on any atom is 0.419 e. The highest BCUT2D eigenvalue weighted by molar-refractivity contribution is 14.1. The Morgan fingerprint density at radius 3 is 3.00 bits per heavy atom. The van der Waals surface area contributed by atoms with Gasteiger partial charge in [-0.2, -0.15) is 0 Å². The lowest BCUT2D eigenvalue weighted by Gasteiger charge is -1.98. The van der Waals surface area contributed by atoms with Crippen molar-refractivity contribution in [3.05, 3.63) is 32.3 Å². The standard InChI is InChI=1S/C11H10INO2/c12-8-3-4-9-10(5-8)15-11(14)13(9)6-7-1-2-7/h3-5,7H,1-2,6H2. The summed E-state index contributed by atoms with van der Waals surface area (Å²) in [7, 11) is 0. The van der Waals surface area contributed by atoms with E-state index in [0.29, 0.717) is 11.5 Å². The predicted molar refractivity (Wildman–Crippen MR) is 65.9 cm³/mol. The summed E-state index contributed by atoms with van der Waals surface area (Å²) >= 11 is 2.22. The van der Waals surface area contributed by atoms with Crippen molar-refractivity contribution in [2.24, 2.45) is 5.92 Å². The molecule has 78 valence electrons. The number of benzene rings is 1. The van der Waals surface area contributed by atoms with Crippen LogP contribution >= 0.6 is 22.6 Å². The molecular formula is C11H10INO2. The molecule has 0 aliphatic heterocycles. The second-order valence-electron chi connectivity index (χ2n) is 4.03. The third kappa shape index (κ3) is 1.71. The van der Waals surface area contributed by atoms with Crippen LogP contribution in [0, 0.1) is 9.49 Å². The largest absolute Gasteiger partial charge is 0.419 e. The zero-order valence-corrected chi connectivity index (χ0v) is 10.2. The Kier molecular flexibility index (Phi) is 2.12. The van der Waals surface area contributed by atoms with Gasteiger partial charge in [0.15, 0.2) is 5.58 Å². The van der Waals surface area contributed by atoms with Gasteiger partial charge in [-0.3, -0.25) is 4.57 Å². The van der Waals surface area contributed by atoms with E-state index in [4.69, 9.17) is 4.42 Å². The summed E-state index contributed by atoms with van der Waals surface area (Å²) in [5.74, 6) is 0.460. The van der Waals surface area contributed by atoms with E-state index in [9.17, 15) is 4.79 Å². The van der Waals surface area contributed by atoms with Crippen LogP contribution in [0.1, 0.15) is 12.8 Å². The van der Waals surface area contributed by atoms with Crippen LogP contribution in [-0.2, 0) is 6.54 Å². The zero-order valence-electron chi connectivity index (χ0n) is 8.07. The second kappa shape index (κ2) is 3.37. The Morgan fingerprint density at radius 2 is 2.27 bits per heavy atom. The molecule has 1 aromatic heterocycles. The number of hydrogen-bond donors (Lipinski definition) is 0. The Labute approximate surface area is 100 Å². The van der Waals surface area contributed by atoms with E-state index in [0.717, 1.165) is 15.6 Å². The molecule has 3 rings (SSSR count). The molecule has 0 unspecified atom stereocenters. The highest BCUT2D eigenvalue weighted by Gasteiger charge is 2.24. The van der Waals surface area contributed by atoms with Crippen molar-refractivity contribution >= 4 is 33.7 Å². The summed E-state index contributed by atoms with van der Waals surface area (Å²) in [4.78, 5) is 11.6. The number of aromatic nitrogens is 1. The van der Waals surface area contributed by atoms with Crippen LogP contribution in [0.15, 0.2) is 27.4 Å². The van der Waals surface area contributed by atoms with Gasteiger partial charge in [0.25, 0.3) is 0 Å². The molecule has 0 bridgehead atoms. The number of nitrogens with zero attached hydrogens (tertiary/aromatic N) is 1. The molecule has 3 nitrogen and oxygen atoms in total. The van der Waals surface area contributed by atoms with E-state index in [2.05, 4.69) is 22.6 Å². The first-order valence-corrected chi connectivity index (χ1v) is 6.11. The summed E-state index contributed by atoms with van der Waals surface area (Å²) in [5.41, 5.74) is 1.62. The quantitative estimate of drug-likeness (QED) is 0.799. The third-order valence-electron chi connectivity index (χ3n) is 2.77. The van der Waals surface area contributed by atoms with Gasteiger partial charge in [-0.15, -0.1) is 0 Å². The highest BCUT2D eigenvalue weighted by Crippen LogP contribution is 2.31. The Hall–Kier alpha value is -0.780. The summed E-state index contributed by atoms with van der Waals surface area (Å²) in [6.07, 6.45) is 2.48. The number of fused-ring (bicyclic) bond motifs is 1. The molecule has 0 N–H and O–H groups in total. The van der Waals surface area contributed by atoms with Gasteiger partial charge < -0.3 is 4.42 Å². The lowest BCUT2D eigenvalue weighted by molar-refractivity contribution is 0.492. The van der Waals surface area contributed by atoms with Crippen LogP contribution in [-0.4, -0.2) is 4.57 Å². The molecule has 2 aromatic rings. The average molecular weight is 315 g/mol. The summed E-state index contributed by atoms with van der Waals surface area (Å²) in [5, 5.41) is 0. The maximum atomic E-state index is 11.6. The highest BCUT2D eigenvalue weighted by atomic mass is 127. The summed E-state index contributed by atoms with van der Waals surface area (Å²) in [6, 6.07) is 5.87. The molecule has 1 fully saturated rings. The predicted octanol–water partition coefficient (Wildman–Crippen LogP) is 2.61. The Balaban J connectivity index is 2.18. The Bertz CT molecular complexity index is 565. The molecule has 1 saturated carbocycles. The number of hydrogen-bond acceptors (Lipinski definition) is 2. The molecule has 0 radical (unpaired) electrons. The first kappa shape index (κ1) is 9.45. The van der Waals surface area contributed by atoms with Crippen molar-refractivity contribution in [2.75, 3.05) is 0 Å². The van der Waals surface area contributed by atoms with Gasteiger partial charge in [0, 0.05) is 10.1 Å². The van der Waals surface area contributed by atoms with Gasteiger partial charge in [0.1, 0.15) is 0 Å². The van der Waals surface area contributed by atoms with E-state index >= 15 is 0 Å². The van der Waals surface area contributed by atoms with Gasteiger partial charge in [0.2, 0.25) is 0 Å². The maximum absolute atomic E-state index is 11.6. The monoisotopic (exact) mass is 315 g/mol. The fourth-order valence-corrected chi connectivity index (χ4v) is 2.23. The van der Waals surface area contributed by atoms with Crippen LogP contribution in [0.3, 0.4) is 0 Å². The van der Waals surface area contributed by atoms with Gasteiger partial charge in [0.05, 0.1) is 5.52 Å². The lowest BCUT2D eigenvalue weighted by atomic mass is 10.3. The Morgan fingerprint density at radius 1 is 1.47 bits per heavy atom. The molecule has 15 heavy (non-hydrogen) atoms. The molecular weight excluding hydrogens is 305 g/mol. The molecule has 1 aromatic carbocycles. The zero-order chi connectivity index (χ0) is 10.4. The van der Waals surface area contributed by atoms with Crippen LogP contribution < -0.4 is 5.76 Å². The molecule has 4 heteroatoms. The molecule has 0 saturated heterocycles. The first-order valence-electron chi connectivity index (χ1n) is 5.03. The fraction of sp³-hybridized carbons (Fsp3) is 0.364.